The number of aromatic nitrogens is 3. The molecule has 0 aliphatic heterocycles. The van der Waals surface area contributed by atoms with E-state index >= 15 is 0 Å². The quantitative estimate of drug-likeness (QED) is 0.913. The second kappa shape index (κ2) is 6.11. The molecule has 0 bridgehead atoms. The van der Waals surface area contributed by atoms with Crippen molar-refractivity contribution in [3.63, 3.8) is 0 Å². The van der Waals surface area contributed by atoms with Crippen LogP contribution in [0.5, 0.6) is 5.88 Å². The lowest BCUT2D eigenvalue weighted by Gasteiger charge is -2.12. The van der Waals surface area contributed by atoms with Crippen molar-refractivity contribution in [2.24, 2.45) is 7.05 Å². The highest BCUT2D eigenvalue weighted by atomic mass is 16.5. The minimum Gasteiger partial charge on any atom is -0.468 e. The predicted molar refractivity (Wildman–Crippen MR) is 81.4 cm³/mol. The molecule has 0 radical (unpaired) electrons. The largest absolute Gasteiger partial charge is 0.468 e. The smallest absolute Gasteiger partial charge is 0.258 e. The van der Waals surface area contributed by atoms with Crippen molar-refractivity contribution in [1.29, 1.82) is 0 Å². The number of carbonyl (C=O) groups is 1. The van der Waals surface area contributed by atoms with Crippen LogP contribution >= 0.6 is 0 Å². The number of nitrogens with one attached hydrogen (secondary N) is 1. The van der Waals surface area contributed by atoms with Crippen LogP contribution in [0, 0.1) is 13.8 Å². The normalized spacial score (nSPS) is 12.4. The standard InChI is InChI=1S/C15H22N4O2/c1-6-10(3)16-12(20)8-21-13-7-9(2)14-11(4)18-19(5)15(14)17-13/h7,10H,6,8H2,1-5H3,(H,16,20). The Morgan fingerprint density at radius 2 is 2.19 bits per heavy atom. The lowest BCUT2D eigenvalue weighted by Crippen LogP contribution is -2.35. The van der Waals surface area contributed by atoms with Gasteiger partial charge in [-0.2, -0.15) is 10.1 Å². The Labute approximate surface area is 124 Å². The maximum Gasteiger partial charge on any atom is 0.258 e. The van der Waals surface area contributed by atoms with Crippen LogP contribution in [0.3, 0.4) is 0 Å². The first-order valence-corrected chi connectivity index (χ1v) is 7.15. The Hall–Kier alpha value is -2.11. The van der Waals surface area contributed by atoms with Gasteiger partial charge in [0.15, 0.2) is 12.3 Å². The molecule has 1 N–H and O–H groups in total. The number of hydrogen-bond acceptors (Lipinski definition) is 4. The molecule has 0 aliphatic rings. The molecule has 2 heterocycles. The number of pyridine rings is 1. The first kappa shape index (κ1) is 15.3. The van der Waals surface area contributed by atoms with Crippen LogP contribution in [-0.4, -0.2) is 33.3 Å². The molecule has 0 saturated heterocycles. The van der Waals surface area contributed by atoms with Gasteiger partial charge < -0.3 is 10.1 Å². The number of nitrogens with zero attached hydrogens (tertiary/aromatic N) is 3. The Morgan fingerprint density at radius 3 is 2.86 bits per heavy atom. The third kappa shape index (κ3) is 3.32. The molecule has 1 unspecified atom stereocenters. The van der Waals surface area contributed by atoms with E-state index in [0.29, 0.717) is 5.88 Å². The van der Waals surface area contributed by atoms with E-state index in [9.17, 15) is 4.79 Å². The summed E-state index contributed by atoms with van der Waals surface area (Å²) in [4.78, 5) is 16.1. The lowest BCUT2D eigenvalue weighted by atomic mass is 10.2. The van der Waals surface area contributed by atoms with Crippen molar-refractivity contribution < 1.29 is 9.53 Å². The van der Waals surface area contributed by atoms with Crippen LogP contribution in [-0.2, 0) is 11.8 Å². The zero-order chi connectivity index (χ0) is 15.6. The molecule has 0 spiro atoms. The summed E-state index contributed by atoms with van der Waals surface area (Å²) in [6, 6.07) is 1.99. The van der Waals surface area contributed by atoms with Crippen LogP contribution in [0.2, 0.25) is 0 Å². The highest BCUT2D eigenvalue weighted by Gasteiger charge is 2.13. The monoisotopic (exact) mass is 290 g/mol. The SMILES string of the molecule is CCC(C)NC(=O)COc1cc(C)c2c(C)nn(C)c2n1. The van der Waals surface area contributed by atoms with E-state index in [-0.39, 0.29) is 18.6 Å². The van der Waals surface area contributed by atoms with Crippen molar-refractivity contribution in [2.45, 2.75) is 40.2 Å². The van der Waals surface area contributed by atoms with Crippen molar-refractivity contribution in [3.8, 4) is 5.88 Å². The molecule has 2 rings (SSSR count). The van der Waals surface area contributed by atoms with E-state index in [1.807, 2.05) is 40.8 Å². The topological polar surface area (TPSA) is 69.0 Å². The van der Waals surface area contributed by atoms with Gasteiger partial charge in [0, 0.05) is 24.5 Å². The zero-order valence-corrected chi connectivity index (χ0v) is 13.2. The number of ether oxygens (including phenoxy) is 1. The van der Waals surface area contributed by atoms with Gasteiger partial charge in [0.05, 0.1) is 5.69 Å². The minimum atomic E-state index is -0.134. The molecule has 0 aromatic carbocycles. The van der Waals surface area contributed by atoms with Gasteiger partial charge in [-0.05, 0) is 32.8 Å². The number of carbonyl (C=O) groups excluding carboxylic acids is 1. The number of hydrogen-bond donors (Lipinski definition) is 1. The third-order valence-corrected chi connectivity index (χ3v) is 3.51. The van der Waals surface area contributed by atoms with E-state index in [0.717, 1.165) is 28.7 Å². The summed E-state index contributed by atoms with van der Waals surface area (Å²) in [7, 11) is 1.85. The Bertz CT molecular complexity index is 663. The molecule has 1 atom stereocenters. The fourth-order valence-corrected chi connectivity index (χ4v) is 2.26. The fourth-order valence-electron chi connectivity index (χ4n) is 2.26. The molecule has 6 heteroatoms. The Balaban J connectivity index is 2.13. The summed E-state index contributed by atoms with van der Waals surface area (Å²) >= 11 is 0. The maximum atomic E-state index is 11.7. The Morgan fingerprint density at radius 1 is 1.48 bits per heavy atom. The van der Waals surface area contributed by atoms with Crippen molar-refractivity contribution in [2.75, 3.05) is 6.61 Å². The molecule has 0 saturated carbocycles. The molecular weight excluding hydrogens is 268 g/mol. The van der Waals surface area contributed by atoms with E-state index in [2.05, 4.69) is 15.4 Å². The summed E-state index contributed by atoms with van der Waals surface area (Å²) in [6.07, 6.45) is 0.892. The zero-order valence-electron chi connectivity index (χ0n) is 13.2. The fraction of sp³-hybridized carbons (Fsp3) is 0.533. The van der Waals surface area contributed by atoms with E-state index < -0.39 is 0 Å². The summed E-state index contributed by atoms with van der Waals surface area (Å²) in [5, 5.41) is 8.25. The molecular formula is C15H22N4O2. The summed E-state index contributed by atoms with van der Waals surface area (Å²) in [5.74, 6) is 0.312. The highest BCUT2D eigenvalue weighted by Crippen LogP contribution is 2.23. The predicted octanol–water partition coefficient (Wildman–Crippen LogP) is 1.88. The number of rotatable bonds is 5. The second-order valence-electron chi connectivity index (χ2n) is 5.35. The van der Waals surface area contributed by atoms with Crippen molar-refractivity contribution in [1.82, 2.24) is 20.1 Å². The van der Waals surface area contributed by atoms with Gasteiger partial charge in [-0.15, -0.1) is 0 Å². The van der Waals surface area contributed by atoms with Crippen LogP contribution < -0.4 is 10.1 Å². The molecule has 2 aromatic rings. The first-order valence-electron chi connectivity index (χ1n) is 7.15. The van der Waals surface area contributed by atoms with Crippen LogP contribution in [0.4, 0.5) is 0 Å². The van der Waals surface area contributed by atoms with Crippen molar-refractivity contribution >= 4 is 16.9 Å². The average molecular weight is 290 g/mol. The molecule has 114 valence electrons. The molecule has 21 heavy (non-hydrogen) atoms. The molecule has 0 fully saturated rings. The van der Waals surface area contributed by atoms with Gasteiger partial charge >= 0.3 is 0 Å². The van der Waals surface area contributed by atoms with Gasteiger partial charge in [0.25, 0.3) is 5.91 Å². The van der Waals surface area contributed by atoms with Gasteiger partial charge in [-0.25, -0.2) is 0 Å². The van der Waals surface area contributed by atoms with Crippen LogP contribution in [0.25, 0.3) is 11.0 Å². The van der Waals surface area contributed by atoms with Gasteiger partial charge in [0.1, 0.15) is 0 Å². The number of aryl methyl sites for hydroxylation is 3. The van der Waals surface area contributed by atoms with E-state index in [1.165, 1.54) is 0 Å². The average Bonchev–Trinajstić information content (AvgIpc) is 2.72. The second-order valence-corrected chi connectivity index (χ2v) is 5.35. The molecule has 0 aliphatic carbocycles. The van der Waals surface area contributed by atoms with Gasteiger partial charge in [0.2, 0.25) is 5.88 Å². The first-order chi connectivity index (χ1) is 9.92. The van der Waals surface area contributed by atoms with Crippen molar-refractivity contribution in [3.05, 3.63) is 17.3 Å². The summed E-state index contributed by atoms with van der Waals surface area (Å²) in [5.41, 5.74) is 2.76. The van der Waals surface area contributed by atoms with Gasteiger partial charge in [-0.1, -0.05) is 6.92 Å². The van der Waals surface area contributed by atoms with E-state index in [4.69, 9.17) is 4.74 Å². The molecule has 6 nitrogen and oxygen atoms in total. The minimum absolute atomic E-state index is 0.0287. The molecule has 2 aromatic heterocycles. The lowest BCUT2D eigenvalue weighted by molar-refractivity contribution is -0.123. The summed E-state index contributed by atoms with van der Waals surface area (Å²) in [6.45, 7) is 7.90. The third-order valence-electron chi connectivity index (χ3n) is 3.51. The van der Waals surface area contributed by atoms with Crippen LogP contribution in [0.1, 0.15) is 31.5 Å². The van der Waals surface area contributed by atoms with E-state index in [1.54, 1.807) is 4.68 Å². The van der Waals surface area contributed by atoms with Gasteiger partial charge in [-0.3, -0.25) is 9.48 Å². The summed E-state index contributed by atoms with van der Waals surface area (Å²) < 4.78 is 7.23. The molecule has 1 amide bonds. The number of fused-ring (bicyclic) bond motifs is 1. The maximum absolute atomic E-state index is 11.7. The number of amides is 1. The Kier molecular flexibility index (Phi) is 4.45. The highest BCUT2D eigenvalue weighted by molar-refractivity contribution is 5.82. The van der Waals surface area contributed by atoms with Crippen LogP contribution in [0.15, 0.2) is 6.07 Å².